The van der Waals surface area contributed by atoms with E-state index in [0.717, 1.165) is 25.7 Å². The third-order valence-corrected chi connectivity index (χ3v) is 5.76. The van der Waals surface area contributed by atoms with Gasteiger partial charge in [-0.05, 0) is 26.2 Å². The van der Waals surface area contributed by atoms with E-state index in [2.05, 4.69) is 10.6 Å². The third kappa shape index (κ3) is 3.60. The van der Waals surface area contributed by atoms with Crippen LogP contribution in [0.5, 0.6) is 0 Å². The largest absolute Gasteiger partial charge is 0.335 e. The molecule has 0 aromatic rings. The molecule has 0 aromatic heterocycles. The Labute approximate surface area is 109 Å². The molecule has 1 aliphatic heterocycles. The van der Waals surface area contributed by atoms with Gasteiger partial charge in [-0.1, -0.05) is 19.3 Å². The molecule has 1 saturated heterocycles. The van der Waals surface area contributed by atoms with Gasteiger partial charge in [-0.3, -0.25) is 0 Å². The number of urea groups is 1. The molecule has 2 rings (SSSR count). The number of amides is 2. The molecule has 1 saturated carbocycles. The summed E-state index contributed by atoms with van der Waals surface area (Å²) in [6.45, 7) is 1.80. The van der Waals surface area contributed by atoms with Crippen molar-refractivity contribution in [3.63, 3.8) is 0 Å². The lowest BCUT2D eigenvalue weighted by Gasteiger charge is -2.28. The van der Waals surface area contributed by atoms with Crippen molar-refractivity contribution in [1.82, 2.24) is 10.6 Å². The Hall–Kier alpha value is -0.780. The summed E-state index contributed by atoms with van der Waals surface area (Å²) >= 11 is 0. The number of nitrogens with one attached hydrogen (secondary N) is 2. The summed E-state index contributed by atoms with van der Waals surface area (Å²) in [6.07, 6.45) is 6.14. The smallest absolute Gasteiger partial charge is 0.315 e. The number of hydrogen-bond donors (Lipinski definition) is 2. The van der Waals surface area contributed by atoms with Crippen molar-refractivity contribution >= 4 is 15.9 Å². The molecule has 6 heteroatoms. The second-order valence-electron chi connectivity index (χ2n) is 5.84. The molecule has 1 aliphatic carbocycles. The van der Waals surface area contributed by atoms with Gasteiger partial charge in [0.1, 0.15) is 0 Å². The molecule has 2 N–H and O–H groups in total. The highest BCUT2D eigenvalue weighted by Crippen LogP contribution is 2.23. The zero-order chi connectivity index (χ0) is 13.2. The summed E-state index contributed by atoms with van der Waals surface area (Å²) in [6, 6.07) is 0.0295. The maximum atomic E-state index is 11.9. The van der Waals surface area contributed by atoms with Crippen molar-refractivity contribution in [3.05, 3.63) is 0 Å². The normalized spacial score (nSPS) is 32.1. The van der Waals surface area contributed by atoms with Crippen LogP contribution in [-0.4, -0.2) is 37.5 Å². The van der Waals surface area contributed by atoms with Crippen molar-refractivity contribution < 1.29 is 13.2 Å². The first kappa shape index (κ1) is 13.6. The Morgan fingerprint density at radius 2 is 1.89 bits per heavy atom. The standard InChI is InChI=1S/C12H22N2O3S/c1-12(7-8-18(16,17)9-12)14-11(15)13-10-5-3-2-4-6-10/h10H,2-9H2,1H3,(H2,13,14,15). The molecule has 0 bridgehead atoms. The second-order valence-corrected chi connectivity index (χ2v) is 8.02. The first-order valence-electron chi connectivity index (χ1n) is 6.68. The van der Waals surface area contributed by atoms with Crippen LogP contribution in [0.4, 0.5) is 4.79 Å². The van der Waals surface area contributed by atoms with E-state index in [9.17, 15) is 13.2 Å². The van der Waals surface area contributed by atoms with E-state index < -0.39 is 15.4 Å². The fourth-order valence-electron chi connectivity index (χ4n) is 2.85. The van der Waals surface area contributed by atoms with Gasteiger partial charge >= 0.3 is 6.03 Å². The summed E-state index contributed by atoms with van der Waals surface area (Å²) in [5, 5.41) is 5.78. The number of carbonyl (C=O) groups excluding carboxylic acids is 1. The fourth-order valence-corrected chi connectivity index (χ4v) is 4.94. The van der Waals surface area contributed by atoms with Crippen molar-refractivity contribution in [2.24, 2.45) is 0 Å². The summed E-state index contributed by atoms with van der Waals surface area (Å²) in [5.41, 5.74) is -0.600. The van der Waals surface area contributed by atoms with Crippen LogP contribution in [0.2, 0.25) is 0 Å². The van der Waals surface area contributed by atoms with Gasteiger partial charge < -0.3 is 10.6 Å². The number of rotatable bonds is 2. The van der Waals surface area contributed by atoms with Gasteiger partial charge in [-0.25, -0.2) is 13.2 Å². The SMILES string of the molecule is CC1(NC(=O)NC2CCCCC2)CCS(=O)(=O)C1. The predicted molar refractivity (Wildman–Crippen MR) is 70.2 cm³/mol. The topological polar surface area (TPSA) is 75.3 Å². The van der Waals surface area contributed by atoms with E-state index in [1.165, 1.54) is 6.42 Å². The van der Waals surface area contributed by atoms with Crippen LogP contribution in [0.1, 0.15) is 45.4 Å². The minimum absolute atomic E-state index is 0.0537. The van der Waals surface area contributed by atoms with Crippen LogP contribution in [0.15, 0.2) is 0 Å². The molecule has 0 aromatic carbocycles. The molecule has 1 atom stereocenters. The molecule has 5 nitrogen and oxygen atoms in total. The second kappa shape index (κ2) is 5.07. The molecule has 2 aliphatic rings. The Kier molecular flexibility index (Phi) is 3.84. The van der Waals surface area contributed by atoms with Gasteiger partial charge in [0.05, 0.1) is 17.0 Å². The molecule has 1 unspecified atom stereocenters. The molecule has 2 fully saturated rings. The summed E-state index contributed by atoms with van der Waals surface area (Å²) in [7, 11) is -2.98. The lowest BCUT2D eigenvalue weighted by Crippen LogP contribution is -2.53. The van der Waals surface area contributed by atoms with Gasteiger partial charge in [0.2, 0.25) is 0 Å². The molecule has 2 amide bonds. The third-order valence-electron chi connectivity index (χ3n) is 3.86. The van der Waals surface area contributed by atoms with Gasteiger partial charge in [-0.15, -0.1) is 0 Å². The first-order chi connectivity index (χ1) is 8.39. The Morgan fingerprint density at radius 1 is 1.22 bits per heavy atom. The summed E-state index contributed by atoms with van der Waals surface area (Å²) < 4.78 is 22.9. The van der Waals surface area contributed by atoms with E-state index >= 15 is 0 Å². The molecule has 1 heterocycles. The van der Waals surface area contributed by atoms with Crippen LogP contribution in [-0.2, 0) is 9.84 Å². The minimum Gasteiger partial charge on any atom is -0.335 e. The maximum Gasteiger partial charge on any atom is 0.315 e. The highest BCUT2D eigenvalue weighted by atomic mass is 32.2. The zero-order valence-corrected chi connectivity index (χ0v) is 11.7. The van der Waals surface area contributed by atoms with E-state index in [1.54, 1.807) is 6.92 Å². The molecule has 18 heavy (non-hydrogen) atoms. The monoisotopic (exact) mass is 274 g/mol. The lowest BCUT2D eigenvalue weighted by molar-refractivity contribution is 0.222. The number of sulfone groups is 1. The van der Waals surface area contributed by atoms with Crippen molar-refractivity contribution in [2.45, 2.75) is 57.0 Å². The van der Waals surface area contributed by atoms with Crippen molar-refractivity contribution in [3.8, 4) is 0 Å². The van der Waals surface area contributed by atoms with Crippen molar-refractivity contribution in [2.75, 3.05) is 11.5 Å². The molecular weight excluding hydrogens is 252 g/mol. The number of hydrogen-bond acceptors (Lipinski definition) is 3. The fraction of sp³-hybridized carbons (Fsp3) is 0.917. The van der Waals surface area contributed by atoms with E-state index in [-0.39, 0.29) is 23.6 Å². The Bertz CT molecular complexity index is 415. The molecular formula is C12H22N2O3S. The summed E-state index contributed by atoms with van der Waals surface area (Å²) in [5.74, 6) is 0.227. The van der Waals surface area contributed by atoms with Gasteiger partial charge in [0.25, 0.3) is 0 Å². The maximum absolute atomic E-state index is 11.9. The van der Waals surface area contributed by atoms with Crippen LogP contribution in [0.25, 0.3) is 0 Å². The molecule has 0 spiro atoms. The Balaban J connectivity index is 1.84. The minimum atomic E-state index is -2.98. The number of carbonyl (C=O) groups is 1. The molecule has 0 radical (unpaired) electrons. The predicted octanol–water partition coefficient (Wildman–Crippen LogP) is 1.20. The summed E-state index contributed by atoms with van der Waals surface area (Å²) in [4.78, 5) is 11.9. The van der Waals surface area contributed by atoms with Crippen molar-refractivity contribution in [1.29, 1.82) is 0 Å². The highest BCUT2D eigenvalue weighted by Gasteiger charge is 2.39. The van der Waals surface area contributed by atoms with Crippen LogP contribution in [0, 0.1) is 0 Å². The van der Waals surface area contributed by atoms with Crippen LogP contribution >= 0.6 is 0 Å². The van der Waals surface area contributed by atoms with E-state index in [1.807, 2.05) is 0 Å². The zero-order valence-electron chi connectivity index (χ0n) is 10.9. The van der Waals surface area contributed by atoms with Crippen LogP contribution < -0.4 is 10.6 Å². The Morgan fingerprint density at radius 3 is 2.44 bits per heavy atom. The average Bonchev–Trinajstić information content (AvgIpc) is 2.53. The first-order valence-corrected chi connectivity index (χ1v) is 8.50. The van der Waals surface area contributed by atoms with Gasteiger partial charge in [0, 0.05) is 6.04 Å². The molecule has 104 valence electrons. The van der Waals surface area contributed by atoms with E-state index in [0.29, 0.717) is 6.42 Å². The quantitative estimate of drug-likeness (QED) is 0.794. The average molecular weight is 274 g/mol. The van der Waals surface area contributed by atoms with Gasteiger partial charge in [0.15, 0.2) is 9.84 Å². The van der Waals surface area contributed by atoms with E-state index in [4.69, 9.17) is 0 Å². The lowest BCUT2D eigenvalue weighted by atomic mass is 9.95. The van der Waals surface area contributed by atoms with Crippen LogP contribution in [0.3, 0.4) is 0 Å². The van der Waals surface area contributed by atoms with Gasteiger partial charge in [-0.2, -0.15) is 0 Å². The highest BCUT2D eigenvalue weighted by molar-refractivity contribution is 7.91.